The van der Waals surface area contributed by atoms with Crippen molar-refractivity contribution in [2.45, 2.75) is 0 Å². The van der Waals surface area contributed by atoms with Gasteiger partial charge in [-0.1, -0.05) is 0 Å². The molecule has 0 radical (unpaired) electrons. The van der Waals surface area contributed by atoms with E-state index >= 15 is 0 Å². The van der Waals surface area contributed by atoms with Gasteiger partial charge in [0, 0.05) is 10.4 Å². The molecule has 9 nitrogen and oxygen atoms in total. The molecule has 0 aromatic heterocycles. The summed E-state index contributed by atoms with van der Waals surface area (Å²) in [5.74, 6) is 0. The van der Waals surface area contributed by atoms with Gasteiger partial charge in [0.25, 0.3) is 0 Å². The second kappa shape index (κ2) is 12.4. The van der Waals surface area contributed by atoms with Crippen LogP contribution in [0, 0.1) is 0 Å². The molecule has 0 aliphatic carbocycles. The van der Waals surface area contributed by atoms with Crippen LogP contribution in [0.15, 0.2) is 0 Å². The zero-order valence-electron chi connectivity index (χ0n) is 6.87. The number of hydrogen-bond donors (Lipinski definition) is 2. The van der Waals surface area contributed by atoms with Crippen LogP contribution >= 0.6 is 7.82 Å². The van der Waals surface area contributed by atoms with E-state index < -0.39 is 18.2 Å². The molecule has 0 saturated heterocycles. The molecule has 13 heteroatoms. The summed E-state index contributed by atoms with van der Waals surface area (Å²) in [4.78, 5) is 24.3. The Bertz CT molecular complexity index is 202. The Balaban J connectivity index is -0.0000000267. The summed E-state index contributed by atoms with van der Waals surface area (Å²) in [5.41, 5.74) is 0. The van der Waals surface area contributed by atoms with Gasteiger partial charge in [0.05, 0.1) is 7.82 Å². The largest absolute Gasteiger partial charge is 2.00 e. The molecule has 0 fully saturated rings. The van der Waals surface area contributed by atoms with Crippen LogP contribution in [-0.2, 0) is 15.0 Å². The SMILES string of the molecule is O=P([O-])([O-])O.O=S(=O)([O-])[O-].[K+].[Mg+2].[NH4+]. The Morgan fingerprint density at radius 1 is 1.15 bits per heavy atom. The first-order valence-electron chi connectivity index (χ1n) is 1.41. The average molecular weight is 273 g/mol. The fourth-order valence-electron chi connectivity index (χ4n) is 0. The molecule has 0 aromatic carbocycles. The smallest absolute Gasteiger partial charge is 0.790 e. The van der Waals surface area contributed by atoms with E-state index in [4.69, 9.17) is 36.8 Å². The van der Waals surface area contributed by atoms with Crippen molar-refractivity contribution in [2.24, 2.45) is 0 Å². The van der Waals surface area contributed by atoms with Crippen molar-refractivity contribution in [3.05, 3.63) is 0 Å². The van der Waals surface area contributed by atoms with Crippen LogP contribution in [0.5, 0.6) is 0 Å². The Labute approximate surface area is 133 Å². The minimum Gasteiger partial charge on any atom is -0.790 e. The standard InChI is InChI=1S/K.Mg.H3N.H3O4P.H2O4S/c;;;2*1-5(2,3)4/h;;1H3;(H3,1,2,3,4);(H2,1,2,3,4)/q+1;+2;;;/p-3. The fraction of sp³-hybridized carbons (Fsp3) is 0. The van der Waals surface area contributed by atoms with Gasteiger partial charge in [-0.05, 0) is 0 Å². The molecule has 0 aliphatic heterocycles. The molecule has 0 aliphatic rings. The molecule has 0 saturated carbocycles. The number of rotatable bonds is 0. The molecule has 0 atom stereocenters. The van der Waals surface area contributed by atoms with Gasteiger partial charge in [0.2, 0.25) is 0 Å². The Morgan fingerprint density at radius 2 is 1.15 bits per heavy atom. The number of hydrogen-bond acceptors (Lipinski definition) is 7. The monoisotopic (exact) mass is 273 g/mol. The van der Waals surface area contributed by atoms with E-state index in [-0.39, 0.29) is 80.6 Å². The van der Waals surface area contributed by atoms with Crippen LogP contribution in [0.25, 0.3) is 0 Å². The molecule has 0 spiro atoms. The van der Waals surface area contributed by atoms with Gasteiger partial charge in [0.1, 0.15) is 0 Å². The second-order valence-electron chi connectivity index (χ2n) is 0.877. The van der Waals surface area contributed by atoms with Crippen LogP contribution in [0.4, 0.5) is 0 Å². The van der Waals surface area contributed by atoms with E-state index in [1.165, 1.54) is 0 Å². The summed E-state index contributed by atoms with van der Waals surface area (Å²) in [6.45, 7) is 0. The van der Waals surface area contributed by atoms with Gasteiger partial charge in [-0.25, -0.2) is 0 Å². The zero-order valence-corrected chi connectivity index (χ0v) is 13.1. The zero-order chi connectivity index (χ0) is 9.00. The molecule has 72 valence electrons. The van der Waals surface area contributed by atoms with Crippen molar-refractivity contribution in [3.8, 4) is 0 Å². The van der Waals surface area contributed by atoms with Crippen molar-refractivity contribution in [2.75, 3.05) is 0 Å². The number of phosphoric acid groups is 1. The minimum atomic E-state index is -5.17. The Hall–Kier alpha value is 2.34. The average Bonchev–Trinajstić information content (AvgIpc) is 1.12. The Kier molecular flexibility index (Phi) is 28.2. The van der Waals surface area contributed by atoms with Crippen LogP contribution < -0.4 is 67.3 Å². The first kappa shape index (κ1) is 29.5. The van der Waals surface area contributed by atoms with Crippen LogP contribution in [0.3, 0.4) is 0 Å². The summed E-state index contributed by atoms with van der Waals surface area (Å²) >= 11 is 0. The van der Waals surface area contributed by atoms with Gasteiger partial charge in [0.15, 0.2) is 0 Å². The van der Waals surface area contributed by atoms with Gasteiger partial charge in [-0.2, -0.15) is 0 Å². The predicted octanol–water partition coefficient (Wildman–Crippen LogP) is -6.53. The fourth-order valence-corrected chi connectivity index (χ4v) is 0. The van der Waals surface area contributed by atoms with Gasteiger partial charge >= 0.3 is 74.4 Å². The summed E-state index contributed by atoms with van der Waals surface area (Å²) in [6, 6.07) is 0. The van der Waals surface area contributed by atoms with Crippen molar-refractivity contribution in [3.63, 3.8) is 0 Å². The van der Waals surface area contributed by atoms with E-state index in [0.717, 1.165) is 0 Å². The molecule has 0 aromatic rings. The molecule has 0 rings (SSSR count). The summed E-state index contributed by atoms with van der Waals surface area (Å²) in [7, 11) is -10.3. The molecule has 13 heavy (non-hydrogen) atoms. The molecular weight excluding hydrogens is 268 g/mol. The van der Waals surface area contributed by atoms with Crippen molar-refractivity contribution >= 4 is 41.3 Å². The predicted molar refractivity (Wildman–Crippen MR) is 32.0 cm³/mol. The van der Waals surface area contributed by atoms with Gasteiger partial charge in [-0.15, -0.1) is 0 Å². The number of quaternary nitrogens is 1. The molecule has 0 unspecified atom stereocenters. The van der Waals surface area contributed by atoms with Gasteiger partial charge < -0.3 is 34.5 Å². The topological polar surface area (TPSA) is 200 Å². The summed E-state index contributed by atoms with van der Waals surface area (Å²) in [6.07, 6.45) is 0. The minimum absolute atomic E-state index is 0. The maximum atomic E-state index is 8.66. The molecule has 0 heterocycles. The first-order chi connectivity index (χ1) is 4.00. The van der Waals surface area contributed by atoms with Crippen molar-refractivity contribution < 1.29 is 88.2 Å². The quantitative estimate of drug-likeness (QED) is 0.187. The molecule has 0 bridgehead atoms. The second-order valence-corrected chi connectivity index (χ2v) is 2.63. The maximum absolute atomic E-state index is 8.66. The molecular formula is H5KMgNO8PS. The van der Waals surface area contributed by atoms with Crippen LogP contribution in [-0.4, -0.2) is 45.5 Å². The third-order valence-electron chi connectivity index (χ3n) is 0. The Morgan fingerprint density at radius 3 is 1.15 bits per heavy atom. The summed E-state index contributed by atoms with van der Waals surface area (Å²) in [5, 5.41) is 0. The van der Waals surface area contributed by atoms with Crippen LogP contribution in [0.2, 0.25) is 0 Å². The van der Waals surface area contributed by atoms with E-state index in [1.807, 2.05) is 0 Å². The van der Waals surface area contributed by atoms with Crippen molar-refractivity contribution in [1.82, 2.24) is 6.15 Å². The third-order valence-corrected chi connectivity index (χ3v) is 0. The van der Waals surface area contributed by atoms with Crippen molar-refractivity contribution in [1.29, 1.82) is 0 Å². The van der Waals surface area contributed by atoms with E-state index in [2.05, 4.69) is 0 Å². The first-order valence-corrected chi connectivity index (χ1v) is 4.24. The van der Waals surface area contributed by atoms with E-state index in [9.17, 15) is 0 Å². The molecule has 0 amide bonds. The maximum Gasteiger partial charge on any atom is 2.00 e. The normalized spacial score (nSPS) is 9.00. The van der Waals surface area contributed by atoms with Crippen LogP contribution in [0.1, 0.15) is 0 Å². The van der Waals surface area contributed by atoms with E-state index in [1.54, 1.807) is 0 Å². The van der Waals surface area contributed by atoms with Gasteiger partial charge in [-0.3, -0.25) is 8.42 Å². The summed E-state index contributed by atoms with van der Waals surface area (Å²) < 4.78 is 42.7. The molecule has 5 N–H and O–H groups in total. The third kappa shape index (κ3) is 398. The van der Waals surface area contributed by atoms with E-state index in [0.29, 0.717) is 0 Å².